The molecule has 4 rings (SSSR count). The monoisotopic (exact) mass is 395 g/mol. The van der Waals surface area contributed by atoms with Crippen molar-refractivity contribution in [2.75, 3.05) is 6.54 Å². The highest BCUT2D eigenvalue weighted by Gasteiger charge is 2.28. The molecule has 0 radical (unpaired) electrons. The van der Waals surface area contributed by atoms with Gasteiger partial charge in [-0.05, 0) is 52.8 Å². The number of rotatable bonds is 4. The molecule has 0 saturated carbocycles. The molecule has 3 aromatic rings. The Morgan fingerprint density at radius 3 is 3.14 bits per heavy atom. The van der Waals surface area contributed by atoms with E-state index < -0.39 is 0 Å². The minimum absolute atomic E-state index is 0.492. The number of hydrogen-bond donors (Lipinski definition) is 0. The molecule has 1 saturated heterocycles. The molecule has 1 aliphatic heterocycles. The number of nitrogens with zero attached hydrogens (tertiary/aromatic N) is 3. The summed E-state index contributed by atoms with van der Waals surface area (Å²) in [6.07, 6.45) is 2.43. The van der Waals surface area contributed by atoms with Crippen molar-refractivity contribution < 1.29 is 4.52 Å². The van der Waals surface area contributed by atoms with E-state index in [2.05, 4.69) is 48.5 Å². The van der Waals surface area contributed by atoms with Crippen LogP contribution in [0.4, 0.5) is 0 Å². The first kappa shape index (κ1) is 14.6. The number of likely N-dealkylation sites (tertiary alicyclic amines) is 1. The Labute approximate surface area is 144 Å². The smallest absolute Gasteiger partial charge is 0.241 e. The van der Waals surface area contributed by atoms with E-state index in [1.54, 1.807) is 11.3 Å². The lowest BCUT2D eigenvalue weighted by Gasteiger charge is -2.21. The molecular weight excluding hydrogens is 382 g/mol. The zero-order valence-corrected chi connectivity index (χ0v) is 15.0. The maximum Gasteiger partial charge on any atom is 0.241 e. The van der Waals surface area contributed by atoms with Crippen LogP contribution in [0.2, 0.25) is 0 Å². The van der Waals surface area contributed by atoms with E-state index in [1.165, 1.54) is 17.7 Å². The van der Waals surface area contributed by atoms with E-state index in [0.29, 0.717) is 17.8 Å². The number of halogens is 1. The molecule has 22 heavy (non-hydrogen) atoms. The average Bonchev–Trinajstić information content (AvgIpc) is 3.25. The van der Waals surface area contributed by atoms with E-state index in [1.807, 2.05) is 22.8 Å². The predicted octanol–water partition coefficient (Wildman–Crippen LogP) is 4.96. The summed E-state index contributed by atoms with van der Waals surface area (Å²) in [6, 6.07) is 6.85. The van der Waals surface area contributed by atoms with Gasteiger partial charge in [0.1, 0.15) is 0 Å². The molecular formula is C15H14BrN3OS2. The highest BCUT2D eigenvalue weighted by Crippen LogP contribution is 2.35. The van der Waals surface area contributed by atoms with E-state index >= 15 is 0 Å². The minimum Gasteiger partial charge on any atom is -0.338 e. The predicted molar refractivity (Wildman–Crippen MR) is 92.0 cm³/mol. The highest BCUT2D eigenvalue weighted by molar-refractivity contribution is 9.10. The van der Waals surface area contributed by atoms with Gasteiger partial charge in [0.05, 0.1) is 11.4 Å². The van der Waals surface area contributed by atoms with Gasteiger partial charge in [-0.25, -0.2) is 0 Å². The Hall–Kier alpha value is -1.02. The molecule has 0 aromatic carbocycles. The van der Waals surface area contributed by atoms with Gasteiger partial charge in [0.2, 0.25) is 11.7 Å². The Morgan fingerprint density at radius 2 is 2.36 bits per heavy atom. The SMILES string of the molecule is Brc1csc(-c2noc(CN3CCCC3c3cccs3)n2)c1. The van der Waals surface area contributed by atoms with E-state index in [9.17, 15) is 0 Å². The van der Waals surface area contributed by atoms with E-state index in [0.717, 1.165) is 22.4 Å². The van der Waals surface area contributed by atoms with Crippen LogP contribution in [-0.2, 0) is 6.54 Å². The first-order valence-electron chi connectivity index (χ1n) is 7.14. The second-order valence-electron chi connectivity index (χ2n) is 5.28. The fourth-order valence-electron chi connectivity index (χ4n) is 2.84. The summed E-state index contributed by atoms with van der Waals surface area (Å²) in [5.41, 5.74) is 0. The fraction of sp³-hybridized carbons (Fsp3) is 0.333. The van der Waals surface area contributed by atoms with Gasteiger partial charge in [0.15, 0.2) is 0 Å². The van der Waals surface area contributed by atoms with Crippen LogP contribution in [0.5, 0.6) is 0 Å². The molecule has 7 heteroatoms. The first-order chi connectivity index (χ1) is 10.8. The molecule has 0 bridgehead atoms. The van der Waals surface area contributed by atoms with Crippen LogP contribution in [0.3, 0.4) is 0 Å². The van der Waals surface area contributed by atoms with Crippen LogP contribution >= 0.6 is 38.6 Å². The van der Waals surface area contributed by atoms with Gasteiger partial charge in [-0.15, -0.1) is 22.7 Å². The molecule has 1 atom stereocenters. The van der Waals surface area contributed by atoms with Crippen molar-refractivity contribution in [3.63, 3.8) is 0 Å². The Morgan fingerprint density at radius 1 is 1.41 bits per heavy atom. The maximum absolute atomic E-state index is 5.45. The zero-order chi connectivity index (χ0) is 14.9. The van der Waals surface area contributed by atoms with Gasteiger partial charge in [-0.3, -0.25) is 4.90 Å². The van der Waals surface area contributed by atoms with Crippen molar-refractivity contribution in [1.82, 2.24) is 15.0 Å². The third-order valence-corrected chi connectivity index (χ3v) is 6.49. The van der Waals surface area contributed by atoms with Crippen molar-refractivity contribution in [1.29, 1.82) is 0 Å². The van der Waals surface area contributed by atoms with Gasteiger partial charge in [0.25, 0.3) is 0 Å². The van der Waals surface area contributed by atoms with Crippen LogP contribution in [0.1, 0.15) is 29.7 Å². The molecule has 114 valence electrons. The first-order valence-corrected chi connectivity index (χ1v) is 9.69. The Kier molecular flexibility index (Phi) is 4.13. The van der Waals surface area contributed by atoms with E-state index in [-0.39, 0.29) is 0 Å². The summed E-state index contributed by atoms with van der Waals surface area (Å²) < 4.78 is 6.50. The second-order valence-corrected chi connectivity index (χ2v) is 8.09. The second kappa shape index (κ2) is 6.23. The summed E-state index contributed by atoms with van der Waals surface area (Å²) in [5, 5.41) is 8.28. The molecule has 4 nitrogen and oxygen atoms in total. The van der Waals surface area contributed by atoms with Crippen LogP contribution < -0.4 is 0 Å². The van der Waals surface area contributed by atoms with Crippen LogP contribution in [0.25, 0.3) is 10.7 Å². The van der Waals surface area contributed by atoms with Gasteiger partial charge in [-0.2, -0.15) is 4.98 Å². The molecule has 4 heterocycles. The summed E-state index contributed by atoms with van der Waals surface area (Å²) in [7, 11) is 0. The lowest BCUT2D eigenvalue weighted by Crippen LogP contribution is -2.22. The van der Waals surface area contributed by atoms with Crippen molar-refractivity contribution in [2.45, 2.75) is 25.4 Å². The van der Waals surface area contributed by atoms with Gasteiger partial charge in [-0.1, -0.05) is 11.2 Å². The lowest BCUT2D eigenvalue weighted by atomic mass is 10.2. The Balaban J connectivity index is 1.50. The summed E-state index contributed by atoms with van der Waals surface area (Å²) in [4.78, 5) is 9.44. The molecule has 0 spiro atoms. The third kappa shape index (κ3) is 2.90. The van der Waals surface area contributed by atoms with Crippen LogP contribution in [0.15, 0.2) is 38.0 Å². The van der Waals surface area contributed by atoms with Crippen molar-refractivity contribution in [2.24, 2.45) is 0 Å². The summed E-state index contributed by atoms with van der Waals surface area (Å²) in [5.74, 6) is 1.38. The zero-order valence-electron chi connectivity index (χ0n) is 11.7. The molecule has 0 N–H and O–H groups in total. The van der Waals surface area contributed by atoms with Crippen molar-refractivity contribution >= 4 is 38.6 Å². The summed E-state index contributed by atoms with van der Waals surface area (Å²) >= 11 is 6.90. The molecule has 1 aliphatic rings. The summed E-state index contributed by atoms with van der Waals surface area (Å²) in [6.45, 7) is 1.81. The Bertz CT molecular complexity index is 753. The normalized spacial score (nSPS) is 19.0. The largest absolute Gasteiger partial charge is 0.338 e. The van der Waals surface area contributed by atoms with Crippen LogP contribution in [0, 0.1) is 0 Å². The van der Waals surface area contributed by atoms with Crippen LogP contribution in [-0.4, -0.2) is 21.6 Å². The number of aromatic nitrogens is 2. The number of hydrogen-bond acceptors (Lipinski definition) is 6. The quantitative estimate of drug-likeness (QED) is 0.625. The molecule has 1 unspecified atom stereocenters. The lowest BCUT2D eigenvalue weighted by molar-refractivity contribution is 0.214. The fourth-order valence-corrected chi connectivity index (χ4v) is 5.09. The van der Waals surface area contributed by atoms with Crippen molar-refractivity contribution in [3.05, 3.63) is 44.2 Å². The molecule has 1 fully saturated rings. The van der Waals surface area contributed by atoms with Gasteiger partial charge < -0.3 is 4.52 Å². The van der Waals surface area contributed by atoms with E-state index in [4.69, 9.17) is 4.52 Å². The topological polar surface area (TPSA) is 42.2 Å². The maximum atomic E-state index is 5.45. The highest BCUT2D eigenvalue weighted by atomic mass is 79.9. The minimum atomic E-state index is 0.492. The average molecular weight is 396 g/mol. The molecule has 0 aliphatic carbocycles. The number of thiophene rings is 2. The van der Waals surface area contributed by atoms with Gasteiger partial charge >= 0.3 is 0 Å². The van der Waals surface area contributed by atoms with Gasteiger partial charge in [0, 0.05) is 20.8 Å². The molecule has 0 amide bonds. The van der Waals surface area contributed by atoms with Crippen molar-refractivity contribution in [3.8, 4) is 10.7 Å². The molecule has 3 aromatic heterocycles. The standard InChI is InChI=1S/C15H14BrN3OS2/c16-10-7-13(22-9-10)15-17-14(20-18-15)8-19-5-1-3-11(19)12-4-2-6-21-12/h2,4,6-7,9,11H,1,3,5,8H2. The third-order valence-electron chi connectivity index (χ3n) is 3.83.